The zero-order valence-corrected chi connectivity index (χ0v) is 24.6. The van der Waals surface area contributed by atoms with Crippen molar-refractivity contribution >= 4 is 39.8 Å². The largest absolute Gasteiger partial charge is 0.487 e. The van der Waals surface area contributed by atoms with E-state index in [1.807, 2.05) is 75.8 Å². The number of hydrogen-bond acceptors (Lipinski definition) is 7. The zero-order chi connectivity index (χ0) is 27.7. The molecule has 0 radical (unpaired) electrons. The predicted octanol–water partition coefficient (Wildman–Crippen LogP) is 5.57. The molecule has 1 aromatic heterocycles. The Morgan fingerprint density at radius 2 is 1.79 bits per heavy atom. The maximum absolute atomic E-state index is 12.3. The maximum atomic E-state index is 12.3. The van der Waals surface area contributed by atoms with Crippen molar-refractivity contribution in [3.63, 3.8) is 0 Å². The van der Waals surface area contributed by atoms with Gasteiger partial charge < -0.3 is 24.0 Å². The van der Waals surface area contributed by atoms with Crippen LogP contribution >= 0.6 is 15.9 Å². The molecule has 208 valence electrons. The van der Waals surface area contributed by atoms with Crippen LogP contribution in [0.4, 0.5) is 10.5 Å². The second kappa shape index (κ2) is 13.7. The van der Waals surface area contributed by atoms with Crippen LogP contribution in [-0.4, -0.2) is 65.1 Å². The van der Waals surface area contributed by atoms with Gasteiger partial charge in [0.15, 0.2) is 0 Å². The first-order valence-corrected chi connectivity index (χ1v) is 13.9. The van der Waals surface area contributed by atoms with Crippen LogP contribution in [0.2, 0.25) is 0 Å². The molecule has 38 heavy (non-hydrogen) atoms. The van der Waals surface area contributed by atoms with Gasteiger partial charge in [-0.25, -0.2) is 4.79 Å². The number of rotatable bonds is 10. The van der Waals surface area contributed by atoms with Crippen LogP contribution in [0.3, 0.4) is 0 Å². The van der Waals surface area contributed by atoms with Crippen molar-refractivity contribution in [2.45, 2.75) is 59.2 Å². The summed E-state index contributed by atoms with van der Waals surface area (Å²) in [6.45, 7) is 11.0. The minimum absolute atomic E-state index is 0.157. The van der Waals surface area contributed by atoms with E-state index < -0.39 is 5.60 Å². The van der Waals surface area contributed by atoms with Crippen LogP contribution < -0.4 is 9.64 Å². The quantitative estimate of drug-likeness (QED) is 0.264. The van der Waals surface area contributed by atoms with E-state index in [9.17, 15) is 9.59 Å². The summed E-state index contributed by atoms with van der Waals surface area (Å²) in [6, 6.07) is 7.99. The van der Waals surface area contributed by atoms with Crippen molar-refractivity contribution in [1.82, 2.24) is 14.7 Å². The maximum Gasteiger partial charge on any atom is 0.410 e. The lowest BCUT2D eigenvalue weighted by atomic mass is 10.2. The summed E-state index contributed by atoms with van der Waals surface area (Å²) in [4.78, 5) is 27.8. The number of unbranched alkanes of at least 4 members (excludes halogenated alkanes) is 1. The summed E-state index contributed by atoms with van der Waals surface area (Å²) in [5.41, 5.74) is 2.36. The van der Waals surface area contributed by atoms with E-state index in [0.717, 1.165) is 53.2 Å². The number of piperazine rings is 1. The van der Waals surface area contributed by atoms with E-state index >= 15 is 0 Å². The highest BCUT2D eigenvalue weighted by Gasteiger charge is 2.26. The molecule has 0 unspecified atom stereocenters. The number of ether oxygens (including phenoxy) is 3. The Morgan fingerprint density at radius 3 is 2.42 bits per heavy atom. The standard InChI is InChI=1S/C28H39BrN4O5/c1-6-36-25(34)11-9-7-8-10-24-26(29)23(30-31(24)5)20-37-22-14-12-21(13-15-22)32-16-18-33(19-17-32)27(35)38-28(2,3)4/h8,10,12-15H,6-7,9,11,16-20H2,1-5H3. The molecule has 10 heteroatoms. The molecule has 0 spiro atoms. The Bertz CT molecular complexity index is 1100. The normalized spacial score (nSPS) is 14.2. The molecule has 0 aliphatic carbocycles. The SMILES string of the molecule is CCOC(=O)CCCC=Cc1c(Br)c(COc2ccc(N3CCN(C(=O)OC(C)(C)C)CC3)cc2)nn1C. The van der Waals surface area contributed by atoms with Crippen LogP contribution in [0.5, 0.6) is 5.75 Å². The molecule has 0 bridgehead atoms. The number of carbonyl (C=O) groups excluding carboxylic acids is 2. The van der Waals surface area contributed by atoms with Crippen molar-refractivity contribution in [3.8, 4) is 5.75 Å². The Kier molecular flexibility index (Phi) is 10.6. The number of aromatic nitrogens is 2. The first kappa shape index (κ1) is 29.5. The number of amides is 1. The van der Waals surface area contributed by atoms with Gasteiger partial charge in [-0.05, 0) is 86.8 Å². The molecule has 1 aliphatic heterocycles. The van der Waals surface area contributed by atoms with Gasteiger partial charge in [-0.15, -0.1) is 0 Å². The molecule has 2 aromatic rings. The molecule has 1 aromatic carbocycles. The molecule has 2 heterocycles. The third kappa shape index (κ3) is 8.79. The van der Waals surface area contributed by atoms with E-state index in [0.29, 0.717) is 32.7 Å². The smallest absolute Gasteiger partial charge is 0.410 e. The molecule has 1 fully saturated rings. The highest BCUT2D eigenvalue weighted by molar-refractivity contribution is 9.10. The summed E-state index contributed by atoms with van der Waals surface area (Å²) < 4.78 is 19.1. The lowest BCUT2D eigenvalue weighted by Crippen LogP contribution is -2.50. The Labute approximate surface area is 233 Å². The lowest BCUT2D eigenvalue weighted by molar-refractivity contribution is -0.143. The van der Waals surface area contributed by atoms with Crippen molar-refractivity contribution in [3.05, 3.63) is 46.2 Å². The third-order valence-electron chi connectivity index (χ3n) is 5.94. The molecular weight excluding hydrogens is 552 g/mol. The average molecular weight is 592 g/mol. The molecule has 1 amide bonds. The number of nitrogens with zero attached hydrogens (tertiary/aromatic N) is 4. The molecule has 1 saturated heterocycles. The van der Waals surface area contributed by atoms with Gasteiger partial charge in [-0.2, -0.15) is 5.10 Å². The summed E-state index contributed by atoms with van der Waals surface area (Å²) in [5.74, 6) is 0.602. The van der Waals surface area contributed by atoms with Gasteiger partial charge >= 0.3 is 12.1 Å². The van der Waals surface area contributed by atoms with Gasteiger partial charge in [0.1, 0.15) is 23.7 Å². The van der Waals surface area contributed by atoms with Crippen LogP contribution in [0.25, 0.3) is 6.08 Å². The van der Waals surface area contributed by atoms with Gasteiger partial charge in [0, 0.05) is 45.3 Å². The van der Waals surface area contributed by atoms with Gasteiger partial charge in [0.05, 0.1) is 16.8 Å². The number of anilines is 1. The molecule has 0 N–H and O–H groups in total. The number of allylic oxidation sites excluding steroid dienone is 1. The van der Waals surface area contributed by atoms with E-state index in [1.165, 1.54) is 0 Å². The van der Waals surface area contributed by atoms with E-state index in [1.54, 1.807) is 4.90 Å². The van der Waals surface area contributed by atoms with E-state index in [4.69, 9.17) is 14.2 Å². The minimum atomic E-state index is -0.486. The second-order valence-electron chi connectivity index (χ2n) is 10.1. The fraction of sp³-hybridized carbons (Fsp3) is 0.536. The van der Waals surface area contributed by atoms with Crippen LogP contribution in [-0.2, 0) is 27.9 Å². The molecule has 1 aliphatic rings. The topological polar surface area (TPSA) is 86.1 Å². The van der Waals surface area contributed by atoms with Crippen molar-refractivity contribution in [2.24, 2.45) is 7.05 Å². The van der Waals surface area contributed by atoms with Crippen LogP contribution in [0.15, 0.2) is 34.8 Å². The fourth-order valence-electron chi connectivity index (χ4n) is 4.01. The summed E-state index contributed by atoms with van der Waals surface area (Å²) in [7, 11) is 1.89. The summed E-state index contributed by atoms with van der Waals surface area (Å²) >= 11 is 3.65. The highest BCUT2D eigenvalue weighted by atomic mass is 79.9. The monoisotopic (exact) mass is 590 g/mol. The molecular formula is C28H39BrN4O5. The van der Waals surface area contributed by atoms with Crippen molar-refractivity contribution < 1.29 is 23.8 Å². The Hall–Kier alpha value is -3.01. The molecule has 0 saturated carbocycles. The summed E-state index contributed by atoms with van der Waals surface area (Å²) in [6.07, 6.45) is 5.74. The predicted molar refractivity (Wildman–Crippen MR) is 151 cm³/mol. The molecule has 3 rings (SSSR count). The minimum Gasteiger partial charge on any atom is -0.487 e. The number of aryl methyl sites for hydroxylation is 1. The van der Waals surface area contributed by atoms with Gasteiger partial charge in [0.25, 0.3) is 0 Å². The number of carbonyl (C=O) groups is 2. The summed E-state index contributed by atoms with van der Waals surface area (Å²) in [5, 5.41) is 4.58. The van der Waals surface area contributed by atoms with Crippen molar-refractivity contribution in [1.29, 1.82) is 0 Å². The van der Waals surface area contributed by atoms with Gasteiger partial charge in [-0.1, -0.05) is 6.08 Å². The van der Waals surface area contributed by atoms with Crippen molar-refractivity contribution in [2.75, 3.05) is 37.7 Å². The average Bonchev–Trinajstić information content (AvgIpc) is 3.14. The molecule has 9 nitrogen and oxygen atoms in total. The lowest BCUT2D eigenvalue weighted by Gasteiger charge is -2.36. The van der Waals surface area contributed by atoms with Crippen LogP contribution in [0.1, 0.15) is 58.3 Å². The second-order valence-corrected chi connectivity index (χ2v) is 10.9. The fourth-order valence-corrected chi connectivity index (χ4v) is 4.60. The molecule has 0 atom stereocenters. The Morgan fingerprint density at radius 1 is 1.11 bits per heavy atom. The Balaban J connectivity index is 1.47. The number of benzene rings is 1. The first-order chi connectivity index (χ1) is 18.1. The highest BCUT2D eigenvalue weighted by Crippen LogP contribution is 2.26. The van der Waals surface area contributed by atoms with E-state index in [2.05, 4.69) is 25.9 Å². The van der Waals surface area contributed by atoms with Gasteiger partial charge in [-0.3, -0.25) is 9.48 Å². The van der Waals surface area contributed by atoms with E-state index in [-0.39, 0.29) is 12.1 Å². The number of hydrogen-bond donors (Lipinski definition) is 0. The third-order valence-corrected chi connectivity index (χ3v) is 6.80. The first-order valence-electron chi connectivity index (χ1n) is 13.1. The zero-order valence-electron chi connectivity index (χ0n) is 23.0. The van der Waals surface area contributed by atoms with Crippen LogP contribution in [0, 0.1) is 0 Å². The van der Waals surface area contributed by atoms with Gasteiger partial charge in [0.2, 0.25) is 0 Å². The number of halogens is 1. The number of esters is 1.